The predicted octanol–water partition coefficient (Wildman–Crippen LogP) is 6.92. The van der Waals surface area contributed by atoms with Crippen LogP contribution in [0.3, 0.4) is 0 Å². The number of nitrogens with zero attached hydrogens (tertiary/aromatic N) is 2. The van der Waals surface area contributed by atoms with Crippen molar-refractivity contribution in [2.75, 3.05) is 11.6 Å². The van der Waals surface area contributed by atoms with Gasteiger partial charge in [0.2, 0.25) is 0 Å². The summed E-state index contributed by atoms with van der Waals surface area (Å²) in [5.41, 5.74) is 5.24. The lowest BCUT2D eigenvalue weighted by Gasteiger charge is -2.30. The van der Waals surface area contributed by atoms with E-state index in [1.54, 1.807) is 37.4 Å². The number of hydrogen-bond donors (Lipinski definition) is 0. The summed E-state index contributed by atoms with van der Waals surface area (Å²) in [6.07, 6.45) is 1.80. The smallest absolute Gasteiger partial charge is 0.338 e. The molecule has 3 aromatic rings. The Hall–Kier alpha value is -3.99. The van der Waals surface area contributed by atoms with Gasteiger partial charge in [-0.1, -0.05) is 74.5 Å². The standard InChI is InChI=1S/C32H34N2O3/c1-7-37-29(35)23-14-13-17-25(20-23)34(30(36)31(3,4)24-15-9-8-10-16-24)33-21-28-22(2)26-18-11-12-19-27(26)32(28,5)6/h8-21H,7H2,1-6H3/b33-21+. The molecule has 1 aliphatic carbocycles. The Labute approximate surface area is 219 Å². The number of allylic oxidation sites excluding steroid dienone is 2. The van der Waals surface area contributed by atoms with Gasteiger partial charge >= 0.3 is 5.97 Å². The first kappa shape index (κ1) is 26.1. The molecule has 0 N–H and O–H groups in total. The Morgan fingerprint density at radius 2 is 1.65 bits per heavy atom. The molecule has 0 saturated carbocycles. The molecule has 0 radical (unpaired) electrons. The molecular weight excluding hydrogens is 460 g/mol. The third kappa shape index (κ3) is 4.86. The predicted molar refractivity (Wildman–Crippen MR) is 150 cm³/mol. The Bertz CT molecular complexity index is 1380. The van der Waals surface area contributed by atoms with E-state index in [1.807, 2.05) is 56.3 Å². The fraction of sp³-hybridized carbons (Fsp3) is 0.281. The van der Waals surface area contributed by atoms with Crippen molar-refractivity contribution in [3.05, 3.63) is 107 Å². The fourth-order valence-electron chi connectivity index (χ4n) is 4.95. The van der Waals surface area contributed by atoms with E-state index >= 15 is 0 Å². The lowest BCUT2D eigenvalue weighted by Crippen LogP contribution is -2.41. The molecule has 0 fully saturated rings. The quantitative estimate of drug-likeness (QED) is 0.203. The van der Waals surface area contributed by atoms with E-state index in [4.69, 9.17) is 9.84 Å². The monoisotopic (exact) mass is 494 g/mol. The number of fused-ring (bicyclic) bond motifs is 1. The number of benzene rings is 3. The molecule has 5 heteroatoms. The molecule has 0 saturated heterocycles. The molecule has 1 aliphatic rings. The Morgan fingerprint density at radius 3 is 2.32 bits per heavy atom. The molecule has 37 heavy (non-hydrogen) atoms. The fourth-order valence-corrected chi connectivity index (χ4v) is 4.95. The molecule has 1 amide bonds. The highest BCUT2D eigenvalue weighted by atomic mass is 16.5. The summed E-state index contributed by atoms with van der Waals surface area (Å²) in [6, 6.07) is 24.9. The van der Waals surface area contributed by atoms with Crippen LogP contribution in [0.2, 0.25) is 0 Å². The third-order valence-electron chi connectivity index (χ3n) is 7.21. The lowest BCUT2D eigenvalue weighted by atomic mass is 9.81. The normalized spacial score (nSPS) is 14.5. The number of carbonyl (C=O) groups excluding carboxylic acids is 2. The van der Waals surface area contributed by atoms with E-state index in [0.29, 0.717) is 11.3 Å². The van der Waals surface area contributed by atoms with Gasteiger partial charge in [0.05, 0.1) is 29.5 Å². The van der Waals surface area contributed by atoms with Crippen molar-refractivity contribution in [1.82, 2.24) is 0 Å². The number of esters is 1. The number of ether oxygens (including phenoxy) is 1. The number of anilines is 1. The summed E-state index contributed by atoms with van der Waals surface area (Å²) in [6.45, 7) is 12.3. The van der Waals surface area contributed by atoms with Crippen molar-refractivity contribution < 1.29 is 14.3 Å². The molecular formula is C32H34N2O3. The summed E-state index contributed by atoms with van der Waals surface area (Å²) >= 11 is 0. The van der Waals surface area contributed by atoms with Crippen molar-refractivity contribution in [2.45, 2.75) is 52.4 Å². The second kappa shape index (κ2) is 10.2. The van der Waals surface area contributed by atoms with Crippen LogP contribution in [0.25, 0.3) is 5.57 Å². The summed E-state index contributed by atoms with van der Waals surface area (Å²) in [4.78, 5) is 26.6. The zero-order chi connectivity index (χ0) is 26.8. The molecule has 190 valence electrons. The van der Waals surface area contributed by atoms with Gasteiger partial charge in [-0.15, -0.1) is 0 Å². The van der Waals surface area contributed by atoms with Gasteiger partial charge in [-0.3, -0.25) is 4.79 Å². The zero-order valence-electron chi connectivity index (χ0n) is 22.4. The number of hydrogen-bond acceptors (Lipinski definition) is 4. The van der Waals surface area contributed by atoms with Crippen LogP contribution in [-0.4, -0.2) is 24.7 Å². The molecule has 5 nitrogen and oxygen atoms in total. The van der Waals surface area contributed by atoms with E-state index in [-0.39, 0.29) is 17.9 Å². The van der Waals surface area contributed by atoms with Crippen LogP contribution in [0.15, 0.2) is 89.5 Å². The van der Waals surface area contributed by atoms with Gasteiger partial charge < -0.3 is 4.74 Å². The van der Waals surface area contributed by atoms with E-state index < -0.39 is 11.4 Å². The lowest BCUT2D eigenvalue weighted by molar-refractivity contribution is -0.123. The molecule has 0 aromatic heterocycles. The van der Waals surface area contributed by atoms with Crippen LogP contribution in [0.4, 0.5) is 5.69 Å². The van der Waals surface area contributed by atoms with Gasteiger partial charge in [0.1, 0.15) is 0 Å². The van der Waals surface area contributed by atoms with Crippen LogP contribution in [-0.2, 0) is 20.4 Å². The Morgan fingerprint density at radius 1 is 0.973 bits per heavy atom. The first-order valence-electron chi connectivity index (χ1n) is 12.6. The molecule has 0 spiro atoms. The summed E-state index contributed by atoms with van der Waals surface area (Å²) in [7, 11) is 0. The van der Waals surface area contributed by atoms with Gasteiger partial charge in [0, 0.05) is 5.41 Å². The van der Waals surface area contributed by atoms with Crippen molar-refractivity contribution >= 4 is 29.4 Å². The average Bonchev–Trinajstić information content (AvgIpc) is 3.10. The SMILES string of the molecule is CCOC(=O)c1cccc(N(/N=C/C2=C(C)c3ccccc3C2(C)C)C(=O)C(C)(C)c2ccccc2)c1. The van der Waals surface area contributed by atoms with Crippen LogP contribution in [0.1, 0.15) is 68.6 Å². The van der Waals surface area contributed by atoms with E-state index in [0.717, 1.165) is 16.7 Å². The highest BCUT2D eigenvalue weighted by Gasteiger charge is 2.37. The van der Waals surface area contributed by atoms with Crippen LogP contribution in [0, 0.1) is 0 Å². The van der Waals surface area contributed by atoms with E-state index in [9.17, 15) is 9.59 Å². The number of hydrazone groups is 1. The topological polar surface area (TPSA) is 59.0 Å². The van der Waals surface area contributed by atoms with Crippen molar-refractivity contribution in [3.63, 3.8) is 0 Å². The maximum atomic E-state index is 14.1. The molecule has 0 unspecified atom stereocenters. The van der Waals surface area contributed by atoms with E-state index in [2.05, 4.69) is 32.9 Å². The Kier molecular flexibility index (Phi) is 7.17. The minimum atomic E-state index is -0.865. The molecule has 0 aliphatic heterocycles. The molecule has 0 atom stereocenters. The second-order valence-corrected chi connectivity index (χ2v) is 10.3. The molecule has 4 rings (SSSR count). The first-order chi connectivity index (χ1) is 17.6. The maximum absolute atomic E-state index is 14.1. The highest BCUT2D eigenvalue weighted by Crippen LogP contribution is 2.45. The van der Waals surface area contributed by atoms with Gasteiger partial charge in [0.25, 0.3) is 5.91 Å². The van der Waals surface area contributed by atoms with E-state index in [1.165, 1.54) is 16.1 Å². The first-order valence-corrected chi connectivity index (χ1v) is 12.6. The number of carbonyl (C=O) groups is 2. The maximum Gasteiger partial charge on any atom is 0.338 e. The molecule has 0 bridgehead atoms. The van der Waals surface area contributed by atoms with Crippen molar-refractivity contribution in [2.24, 2.45) is 5.10 Å². The van der Waals surface area contributed by atoms with Gasteiger partial charge in [0.15, 0.2) is 0 Å². The number of rotatable bonds is 7. The minimum Gasteiger partial charge on any atom is -0.462 e. The number of amides is 1. The van der Waals surface area contributed by atoms with Crippen LogP contribution < -0.4 is 5.01 Å². The molecule has 0 heterocycles. The van der Waals surface area contributed by atoms with Gasteiger partial charge in [-0.2, -0.15) is 10.1 Å². The van der Waals surface area contributed by atoms with Crippen LogP contribution >= 0.6 is 0 Å². The van der Waals surface area contributed by atoms with Gasteiger partial charge in [-0.25, -0.2) is 4.79 Å². The largest absolute Gasteiger partial charge is 0.462 e. The zero-order valence-corrected chi connectivity index (χ0v) is 22.4. The third-order valence-corrected chi connectivity index (χ3v) is 7.21. The molecule has 3 aromatic carbocycles. The summed E-state index contributed by atoms with van der Waals surface area (Å²) in [5, 5.41) is 6.20. The van der Waals surface area contributed by atoms with Crippen molar-refractivity contribution in [3.8, 4) is 0 Å². The second-order valence-electron chi connectivity index (χ2n) is 10.3. The summed E-state index contributed by atoms with van der Waals surface area (Å²) < 4.78 is 5.19. The van der Waals surface area contributed by atoms with Crippen LogP contribution in [0.5, 0.6) is 0 Å². The highest BCUT2D eigenvalue weighted by molar-refractivity contribution is 6.04. The average molecular weight is 495 g/mol. The van der Waals surface area contributed by atoms with Gasteiger partial charge in [-0.05, 0) is 73.7 Å². The minimum absolute atomic E-state index is 0.206. The Balaban J connectivity index is 1.80. The summed E-state index contributed by atoms with van der Waals surface area (Å²) in [5.74, 6) is -0.642. The van der Waals surface area contributed by atoms with Crippen molar-refractivity contribution in [1.29, 1.82) is 0 Å².